The fourth-order valence-electron chi connectivity index (χ4n) is 3.22. The Kier molecular flexibility index (Phi) is 5.87. The molecule has 0 aromatic rings. The van der Waals surface area contributed by atoms with E-state index in [-0.39, 0.29) is 5.75 Å². The molecule has 0 amide bonds. The second-order valence-corrected chi connectivity index (χ2v) is 8.85. The van der Waals surface area contributed by atoms with Crippen molar-refractivity contribution >= 4 is 9.84 Å². The monoisotopic (exact) mass is 302 g/mol. The first-order valence-corrected chi connectivity index (χ1v) is 10.1. The van der Waals surface area contributed by atoms with Crippen molar-refractivity contribution in [1.29, 1.82) is 0 Å². The summed E-state index contributed by atoms with van der Waals surface area (Å²) in [5, 5.41) is 3.70. The number of hydrogen-bond acceptors (Lipinski definition) is 4. The highest BCUT2D eigenvalue weighted by Gasteiger charge is 2.36. The van der Waals surface area contributed by atoms with Gasteiger partial charge in [0.15, 0.2) is 0 Å². The van der Waals surface area contributed by atoms with Gasteiger partial charge in [-0.15, -0.1) is 0 Å². The molecule has 1 aliphatic carbocycles. The molecule has 4 nitrogen and oxygen atoms in total. The van der Waals surface area contributed by atoms with Crippen molar-refractivity contribution in [2.24, 2.45) is 5.92 Å². The molecule has 2 atom stereocenters. The van der Waals surface area contributed by atoms with E-state index in [4.69, 9.17) is 0 Å². The Hall–Kier alpha value is -0.130. The normalized spacial score (nSPS) is 28.7. The maximum Gasteiger partial charge on any atom is 0.150 e. The summed E-state index contributed by atoms with van der Waals surface area (Å²) in [6.45, 7) is 7.10. The van der Waals surface area contributed by atoms with E-state index in [0.29, 0.717) is 17.8 Å². The largest absolute Gasteiger partial charge is 0.311 e. The van der Waals surface area contributed by atoms with Crippen molar-refractivity contribution in [3.63, 3.8) is 0 Å². The second-order valence-electron chi connectivity index (χ2n) is 6.38. The number of piperazine rings is 1. The molecule has 1 saturated carbocycles. The van der Waals surface area contributed by atoms with Crippen LogP contribution in [0.5, 0.6) is 0 Å². The lowest BCUT2D eigenvalue weighted by Crippen LogP contribution is -2.57. The summed E-state index contributed by atoms with van der Waals surface area (Å²) in [5.41, 5.74) is 0. The van der Waals surface area contributed by atoms with Crippen LogP contribution >= 0.6 is 0 Å². The number of rotatable bonds is 8. The van der Waals surface area contributed by atoms with Crippen molar-refractivity contribution in [2.45, 2.75) is 58.0 Å². The van der Waals surface area contributed by atoms with Crippen LogP contribution in [0.2, 0.25) is 0 Å². The first-order valence-electron chi connectivity index (χ1n) is 8.23. The minimum Gasteiger partial charge on any atom is -0.311 e. The van der Waals surface area contributed by atoms with Gasteiger partial charge in [0.25, 0.3) is 0 Å². The minimum absolute atomic E-state index is 0.275. The Balaban J connectivity index is 1.83. The third kappa shape index (κ3) is 4.71. The third-order valence-electron chi connectivity index (χ3n) is 4.72. The maximum atomic E-state index is 11.6. The zero-order valence-electron chi connectivity index (χ0n) is 13.0. The molecule has 1 aliphatic heterocycles. The lowest BCUT2D eigenvalue weighted by molar-refractivity contribution is 0.116. The van der Waals surface area contributed by atoms with E-state index in [9.17, 15) is 8.42 Å². The van der Waals surface area contributed by atoms with Gasteiger partial charge >= 0.3 is 0 Å². The van der Waals surface area contributed by atoms with Gasteiger partial charge < -0.3 is 5.32 Å². The topological polar surface area (TPSA) is 49.4 Å². The summed E-state index contributed by atoms with van der Waals surface area (Å²) in [6.07, 6.45) is 5.94. The van der Waals surface area contributed by atoms with Crippen LogP contribution in [-0.2, 0) is 9.84 Å². The highest BCUT2D eigenvalue weighted by Crippen LogP contribution is 2.34. The third-order valence-corrected chi connectivity index (χ3v) is 6.51. The van der Waals surface area contributed by atoms with E-state index >= 15 is 0 Å². The molecule has 20 heavy (non-hydrogen) atoms. The van der Waals surface area contributed by atoms with Gasteiger partial charge in [-0.1, -0.05) is 20.3 Å². The van der Waals surface area contributed by atoms with Gasteiger partial charge in [0.2, 0.25) is 0 Å². The van der Waals surface area contributed by atoms with Crippen molar-refractivity contribution in [2.75, 3.05) is 31.1 Å². The van der Waals surface area contributed by atoms with Crippen LogP contribution in [-0.4, -0.2) is 56.5 Å². The first kappa shape index (κ1) is 16.2. The van der Waals surface area contributed by atoms with E-state index in [1.807, 2.05) is 0 Å². The van der Waals surface area contributed by atoms with Crippen LogP contribution in [0.1, 0.15) is 46.0 Å². The SMILES string of the molecule is CCCC1CNC(C2CC2)CN1CCCS(=O)(=O)CC. The lowest BCUT2D eigenvalue weighted by Gasteiger charge is -2.40. The smallest absolute Gasteiger partial charge is 0.150 e. The zero-order chi connectivity index (χ0) is 14.6. The molecule has 0 bridgehead atoms. The van der Waals surface area contributed by atoms with Crippen LogP contribution in [0, 0.1) is 5.92 Å². The molecule has 2 fully saturated rings. The average molecular weight is 302 g/mol. The molecule has 2 aliphatic rings. The molecule has 0 spiro atoms. The minimum atomic E-state index is -2.81. The highest BCUT2D eigenvalue weighted by molar-refractivity contribution is 7.91. The Bertz CT molecular complexity index is 393. The summed E-state index contributed by atoms with van der Waals surface area (Å²) in [6, 6.07) is 1.24. The average Bonchev–Trinajstić information content (AvgIpc) is 3.25. The Morgan fingerprint density at radius 1 is 1.25 bits per heavy atom. The van der Waals surface area contributed by atoms with Gasteiger partial charge in [-0.2, -0.15) is 0 Å². The van der Waals surface area contributed by atoms with Gasteiger partial charge in [-0.05, 0) is 38.1 Å². The zero-order valence-corrected chi connectivity index (χ0v) is 13.8. The molecule has 5 heteroatoms. The van der Waals surface area contributed by atoms with E-state index in [1.165, 1.54) is 25.7 Å². The summed E-state index contributed by atoms with van der Waals surface area (Å²) < 4.78 is 23.2. The van der Waals surface area contributed by atoms with Crippen LogP contribution in [0.25, 0.3) is 0 Å². The van der Waals surface area contributed by atoms with Crippen molar-refractivity contribution < 1.29 is 8.42 Å². The molecule has 2 rings (SSSR count). The fraction of sp³-hybridized carbons (Fsp3) is 1.00. The molecule has 1 N–H and O–H groups in total. The van der Waals surface area contributed by atoms with Crippen molar-refractivity contribution in [3.8, 4) is 0 Å². The first-order chi connectivity index (χ1) is 9.55. The maximum absolute atomic E-state index is 11.6. The van der Waals surface area contributed by atoms with Crippen LogP contribution in [0.4, 0.5) is 0 Å². The summed E-state index contributed by atoms with van der Waals surface area (Å²) in [7, 11) is -2.81. The van der Waals surface area contributed by atoms with Gasteiger partial charge in [0, 0.05) is 30.9 Å². The van der Waals surface area contributed by atoms with Gasteiger partial charge in [-0.3, -0.25) is 4.90 Å². The summed E-state index contributed by atoms with van der Waals surface area (Å²) >= 11 is 0. The molecule has 118 valence electrons. The van der Waals surface area contributed by atoms with Gasteiger partial charge in [-0.25, -0.2) is 8.42 Å². The molecule has 0 aromatic heterocycles. The van der Waals surface area contributed by atoms with Gasteiger partial charge in [0.05, 0.1) is 5.75 Å². The quantitative estimate of drug-likeness (QED) is 0.741. The molecule has 2 unspecified atom stereocenters. The molecule has 1 saturated heterocycles. The van der Waals surface area contributed by atoms with Crippen LogP contribution in [0.15, 0.2) is 0 Å². The van der Waals surface area contributed by atoms with E-state index in [2.05, 4.69) is 17.1 Å². The van der Waals surface area contributed by atoms with E-state index in [0.717, 1.165) is 32.0 Å². The van der Waals surface area contributed by atoms with Crippen LogP contribution in [0.3, 0.4) is 0 Å². The van der Waals surface area contributed by atoms with Crippen molar-refractivity contribution in [3.05, 3.63) is 0 Å². The number of nitrogens with one attached hydrogen (secondary N) is 1. The molecule has 0 aromatic carbocycles. The van der Waals surface area contributed by atoms with Gasteiger partial charge in [0.1, 0.15) is 9.84 Å². The molecular formula is C15H30N2O2S. The number of sulfone groups is 1. The number of hydrogen-bond donors (Lipinski definition) is 1. The van der Waals surface area contributed by atoms with Crippen LogP contribution < -0.4 is 5.32 Å². The fourth-order valence-corrected chi connectivity index (χ4v) is 4.08. The highest BCUT2D eigenvalue weighted by atomic mass is 32.2. The Morgan fingerprint density at radius 2 is 2.00 bits per heavy atom. The Morgan fingerprint density at radius 3 is 2.60 bits per heavy atom. The molecule has 1 heterocycles. The molecule has 0 radical (unpaired) electrons. The summed E-state index contributed by atoms with van der Waals surface area (Å²) in [5.74, 6) is 1.50. The van der Waals surface area contributed by atoms with E-state index in [1.54, 1.807) is 6.92 Å². The van der Waals surface area contributed by atoms with Crippen molar-refractivity contribution in [1.82, 2.24) is 10.2 Å². The molecular weight excluding hydrogens is 272 g/mol. The summed E-state index contributed by atoms with van der Waals surface area (Å²) in [4.78, 5) is 2.55. The predicted octanol–water partition coefficient (Wildman–Crippen LogP) is 1.66. The van der Waals surface area contributed by atoms with E-state index < -0.39 is 9.84 Å². The lowest BCUT2D eigenvalue weighted by atomic mass is 10.0. The second kappa shape index (κ2) is 7.23. The number of nitrogens with zero attached hydrogens (tertiary/aromatic N) is 1. The predicted molar refractivity (Wildman–Crippen MR) is 83.7 cm³/mol. The Labute approximate surface area is 124 Å². The standard InChI is InChI=1S/C15H30N2O2S/c1-3-6-14-11-16-15(13-7-8-13)12-17(14)9-5-10-20(18,19)4-2/h13-16H,3-12H2,1-2H3.